The van der Waals surface area contributed by atoms with E-state index >= 15 is 0 Å². The van der Waals surface area contributed by atoms with Gasteiger partial charge in [-0.15, -0.1) is 0 Å². The summed E-state index contributed by atoms with van der Waals surface area (Å²) in [7, 11) is -3.88. The highest BCUT2D eigenvalue weighted by Gasteiger charge is 2.21. The highest BCUT2D eigenvalue weighted by Crippen LogP contribution is 2.42. The molecule has 3 rings (SSSR count). The number of hydrogen-bond acceptors (Lipinski definition) is 7. The van der Waals surface area contributed by atoms with Gasteiger partial charge in [0.1, 0.15) is 12.0 Å². The molecule has 1 aromatic heterocycles. The van der Waals surface area contributed by atoms with Crippen molar-refractivity contribution in [2.24, 2.45) is 10.7 Å². The van der Waals surface area contributed by atoms with Crippen LogP contribution >= 0.6 is 19.2 Å². The molecule has 1 unspecified atom stereocenters. The van der Waals surface area contributed by atoms with Crippen LogP contribution in [0.15, 0.2) is 42.2 Å². The van der Waals surface area contributed by atoms with Gasteiger partial charge in [-0.2, -0.15) is 4.99 Å². The maximum absolute atomic E-state index is 12.1. The number of fused-ring (bicyclic) bond motifs is 1. The van der Waals surface area contributed by atoms with Crippen LogP contribution in [-0.2, 0) is 27.0 Å². The number of hydrogen-bond donors (Lipinski definition) is 3. The number of guanidine groups is 1. The Morgan fingerprint density at radius 3 is 3.04 bits per heavy atom. The lowest BCUT2D eigenvalue weighted by molar-refractivity contribution is 0.135. The molecular formula is C16H19ClN5O4P. The van der Waals surface area contributed by atoms with Crippen LogP contribution in [0, 0.1) is 0 Å². The van der Waals surface area contributed by atoms with Gasteiger partial charge in [0, 0.05) is 11.6 Å². The molecule has 0 saturated heterocycles. The molecule has 0 spiro atoms. The lowest BCUT2D eigenvalue weighted by atomic mass is 10.2. The van der Waals surface area contributed by atoms with Crippen LogP contribution in [0.1, 0.15) is 11.3 Å². The van der Waals surface area contributed by atoms with Crippen LogP contribution in [0.5, 0.6) is 0 Å². The van der Waals surface area contributed by atoms with E-state index in [1.165, 1.54) is 0 Å². The molecular weight excluding hydrogens is 393 g/mol. The van der Waals surface area contributed by atoms with Gasteiger partial charge in [0.15, 0.2) is 11.8 Å². The van der Waals surface area contributed by atoms with E-state index in [2.05, 4.69) is 21.9 Å². The molecule has 1 aliphatic rings. The van der Waals surface area contributed by atoms with Gasteiger partial charge in [0.25, 0.3) is 0 Å². The largest absolute Gasteiger partial charge is 0.369 e. The number of nitrogens with one attached hydrogen (secondary N) is 1. The summed E-state index contributed by atoms with van der Waals surface area (Å²) in [6, 6.07) is 6.87. The van der Waals surface area contributed by atoms with Crippen molar-refractivity contribution in [2.75, 3.05) is 13.0 Å². The average molecular weight is 412 g/mol. The van der Waals surface area contributed by atoms with E-state index in [1.54, 1.807) is 35.2 Å². The Bertz CT molecular complexity index is 929. The Labute approximate surface area is 161 Å². The van der Waals surface area contributed by atoms with Crippen LogP contribution < -0.4 is 11.1 Å². The van der Waals surface area contributed by atoms with Crippen molar-refractivity contribution < 1.29 is 18.7 Å². The minimum absolute atomic E-state index is 0.0319. The van der Waals surface area contributed by atoms with Crippen molar-refractivity contribution in [3.8, 4) is 0 Å². The van der Waals surface area contributed by atoms with Gasteiger partial charge in [-0.1, -0.05) is 30.3 Å². The first-order valence-electron chi connectivity index (χ1n) is 7.98. The summed E-state index contributed by atoms with van der Waals surface area (Å²) in [5.74, 6) is 0.786. The summed E-state index contributed by atoms with van der Waals surface area (Å²) >= 11 is 5.87. The fourth-order valence-electron chi connectivity index (χ4n) is 2.41. The number of ether oxygens (including phenoxy) is 1. The molecule has 2 heterocycles. The van der Waals surface area contributed by atoms with E-state index in [4.69, 9.17) is 26.6 Å². The number of aromatic nitrogens is 2. The zero-order valence-corrected chi connectivity index (χ0v) is 16.0. The summed E-state index contributed by atoms with van der Waals surface area (Å²) in [6.07, 6.45) is 1.15. The molecule has 9 nitrogen and oxygen atoms in total. The van der Waals surface area contributed by atoms with Crippen LogP contribution in [0.2, 0.25) is 5.02 Å². The van der Waals surface area contributed by atoms with Gasteiger partial charge >= 0.3 is 7.60 Å². The lowest BCUT2D eigenvalue weighted by Crippen LogP contribution is -2.32. The van der Waals surface area contributed by atoms with E-state index in [-0.39, 0.29) is 19.2 Å². The van der Waals surface area contributed by atoms with Crippen LogP contribution in [-0.4, -0.2) is 33.4 Å². The van der Waals surface area contributed by atoms with Crippen molar-refractivity contribution in [1.82, 2.24) is 14.9 Å². The number of rotatable bonds is 8. The van der Waals surface area contributed by atoms with E-state index in [0.717, 1.165) is 0 Å². The normalized spacial score (nSPS) is 15.6. The molecule has 1 atom stereocenters. The second-order valence-electron chi connectivity index (χ2n) is 5.79. The van der Waals surface area contributed by atoms with Crippen molar-refractivity contribution >= 4 is 36.7 Å². The fourth-order valence-corrected chi connectivity index (χ4v) is 3.41. The van der Waals surface area contributed by atoms with Gasteiger partial charge in [-0.05, 0) is 17.7 Å². The second-order valence-corrected chi connectivity index (χ2v) is 8.02. The fraction of sp³-hybridized carbons (Fsp3) is 0.250. The first-order chi connectivity index (χ1) is 12.8. The summed E-state index contributed by atoms with van der Waals surface area (Å²) in [6.45, 7) is 4.34. The Morgan fingerprint density at radius 2 is 2.26 bits per heavy atom. The monoisotopic (exact) mass is 411 g/mol. The minimum Gasteiger partial charge on any atom is -0.369 e. The number of benzene rings is 1. The van der Waals surface area contributed by atoms with Gasteiger partial charge in [-0.3, -0.25) is 4.57 Å². The summed E-state index contributed by atoms with van der Waals surface area (Å²) in [5, 5.41) is 3.33. The first-order valence-corrected chi connectivity index (χ1v) is 10.1. The highest BCUT2D eigenvalue weighted by atomic mass is 35.5. The maximum atomic E-state index is 12.1. The third kappa shape index (κ3) is 5.18. The zero-order chi connectivity index (χ0) is 19.4. The second kappa shape index (κ2) is 8.24. The molecule has 27 heavy (non-hydrogen) atoms. The Morgan fingerprint density at radius 1 is 1.44 bits per heavy atom. The average Bonchev–Trinajstić information content (AvgIpc) is 3.00. The molecule has 0 radical (unpaired) electrons. The number of aliphatic imine (C=N–C) groups is 1. The standard InChI is InChI=1S/C16H19ClN5O4P/c1-11-14-15(21-16(18)20-11)22(9-19-14)5-6-25-10-27(23,24)26-8-12-3-2-4-13(17)7-12/h2-4,7,9H,1,5-6,8,10H2,(H,23,24)(H3,18,20,21). The Kier molecular flexibility index (Phi) is 5.98. The molecule has 0 amide bonds. The van der Waals surface area contributed by atoms with Gasteiger partial charge < -0.3 is 29.8 Å². The molecule has 0 fully saturated rings. The van der Waals surface area contributed by atoms with E-state index in [1.807, 2.05) is 0 Å². The van der Waals surface area contributed by atoms with Crippen molar-refractivity contribution in [1.29, 1.82) is 0 Å². The Balaban J connectivity index is 1.47. The topological polar surface area (TPSA) is 124 Å². The van der Waals surface area contributed by atoms with E-state index in [0.29, 0.717) is 34.3 Å². The number of nitrogens with zero attached hydrogens (tertiary/aromatic N) is 3. The highest BCUT2D eigenvalue weighted by molar-refractivity contribution is 7.52. The molecule has 11 heteroatoms. The zero-order valence-electron chi connectivity index (χ0n) is 14.3. The van der Waals surface area contributed by atoms with Crippen molar-refractivity contribution in [3.63, 3.8) is 0 Å². The molecule has 1 aliphatic heterocycles. The molecule has 4 N–H and O–H groups in total. The minimum atomic E-state index is -3.88. The quantitative estimate of drug-likeness (QED) is 0.450. The van der Waals surface area contributed by atoms with Crippen LogP contribution in [0.25, 0.3) is 5.70 Å². The predicted molar refractivity (Wildman–Crippen MR) is 103 cm³/mol. The third-order valence-electron chi connectivity index (χ3n) is 3.65. The van der Waals surface area contributed by atoms with Crippen LogP contribution in [0.3, 0.4) is 0 Å². The summed E-state index contributed by atoms with van der Waals surface area (Å²) < 4.78 is 24.2. The molecule has 2 aromatic rings. The smallest absolute Gasteiger partial charge is 0.353 e. The Hall–Kier alpha value is -2.16. The third-order valence-corrected chi connectivity index (χ3v) is 4.93. The van der Waals surface area contributed by atoms with E-state index < -0.39 is 13.9 Å². The van der Waals surface area contributed by atoms with Crippen molar-refractivity contribution in [2.45, 2.75) is 13.2 Å². The molecule has 1 aromatic carbocycles. The molecule has 0 saturated carbocycles. The van der Waals surface area contributed by atoms with Crippen molar-refractivity contribution in [3.05, 3.63) is 53.5 Å². The molecule has 0 bridgehead atoms. The van der Waals surface area contributed by atoms with E-state index in [9.17, 15) is 9.46 Å². The SMILES string of the molecule is C=C1NC(N)=Nc2c1ncn2CCOCP(=O)(O)OCc1cccc(Cl)c1. The number of imidazole rings is 1. The summed E-state index contributed by atoms with van der Waals surface area (Å²) in [4.78, 5) is 18.3. The first kappa shape index (κ1) is 19.6. The molecule has 0 aliphatic carbocycles. The van der Waals surface area contributed by atoms with Gasteiger partial charge in [0.05, 0.1) is 25.2 Å². The molecule has 144 valence electrons. The number of nitrogens with two attached hydrogens (primary N) is 1. The number of halogens is 1. The predicted octanol–water partition coefficient (Wildman–Crippen LogP) is 2.43. The lowest BCUT2D eigenvalue weighted by Gasteiger charge is -2.15. The summed E-state index contributed by atoms with van der Waals surface area (Å²) in [5.41, 5.74) is 7.54. The van der Waals surface area contributed by atoms with Crippen LogP contribution in [0.4, 0.5) is 5.82 Å². The maximum Gasteiger partial charge on any atom is 0.353 e. The van der Waals surface area contributed by atoms with Gasteiger partial charge in [-0.25, -0.2) is 4.98 Å². The van der Waals surface area contributed by atoms with Gasteiger partial charge in [0.2, 0.25) is 0 Å².